The SMILES string of the molecule is Nc1nc(Nc2ccccc2)n(C(=O)CC2C=CCC2)n1. The number of carbonyl (C=O) groups excluding carboxylic acids is 1. The van der Waals surface area contributed by atoms with Gasteiger partial charge in [-0.05, 0) is 30.9 Å². The molecule has 108 valence electrons. The average Bonchev–Trinajstić information content (AvgIpc) is 3.10. The Hall–Kier alpha value is -2.63. The van der Waals surface area contributed by atoms with Crippen LogP contribution < -0.4 is 11.1 Å². The van der Waals surface area contributed by atoms with E-state index in [-0.39, 0.29) is 17.8 Å². The lowest BCUT2D eigenvalue weighted by Gasteiger charge is -2.09. The lowest BCUT2D eigenvalue weighted by Crippen LogP contribution is -2.17. The van der Waals surface area contributed by atoms with Crippen LogP contribution in [0.1, 0.15) is 24.1 Å². The first-order chi connectivity index (χ1) is 10.2. The quantitative estimate of drug-likeness (QED) is 0.842. The molecular weight excluding hydrogens is 266 g/mol. The number of hydrogen-bond acceptors (Lipinski definition) is 5. The highest BCUT2D eigenvalue weighted by Gasteiger charge is 2.20. The Balaban J connectivity index is 1.78. The minimum atomic E-state index is -0.103. The summed E-state index contributed by atoms with van der Waals surface area (Å²) in [5.41, 5.74) is 6.46. The molecule has 1 atom stereocenters. The van der Waals surface area contributed by atoms with Gasteiger partial charge >= 0.3 is 0 Å². The van der Waals surface area contributed by atoms with E-state index in [2.05, 4.69) is 27.6 Å². The summed E-state index contributed by atoms with van der Waals surface area (Å²) in [5.74, 6) is 0.621. The van der Waals surface area contributed by atoms with E-state index in [1.165, 1.54) is 4.68 Å². The fourth-order valence-electron chi connectivity index (χ4n) is 2.41. The number of benzene rings is 1. The predicted molar refractivity (Wildman–Crippen MR) is 81.3 cm³/mol. The van der Waals surface area contributed by atoms with Crippen LogP contribution in [0.5, 0.6) is 0 Å². The number of para-hydroxylation sites is 1. The average molecular weight is 283 g/mol. The van der Waals surface area contributed by atoms with Gasteiger partial charge in [-0.25, -0.2) is 0 Å². The van der Waals surface area contributed by atoms with Gasteiger partial charge < -0.3 is 11.1 Å². The Morgan fingerprint density at radius 3 is 2.90 bits per heavy atom. The van der Waals surface area contributed by atoms with Crippen molar-refractivity contribution in [1.29, 1.82) is 0 Å². The standard InChI is InChI=1S/C15H17N5O/c16-14-18-15(17-12-8-2-1-3-9-12)20(19-14)13(21)10-11-6-4-5-7-11/h1-4,6,8-9,11H,5,7,10H2,(H3,16,17,18,19). The van der Waals surface area contributed by atoms with E-state index in [9.17, 15) is 4.79 Å². The molecule has 0 radical (unpaired) electrons. The fraction of sp³-hybridized carbons (Fsp3) is 0.267. The van der Waals surface area contributed by atoms with Crippen LogP contribution in [-0.4, -0.2) is 20.7 Å². The Morgan fingerprint density at radius 2 is 2.19 bits per heavy atom. The molecular formula is C15H17N5O. The minimum Gasteiger partial charge on any atom is -0.366 e. The van der Waals surface area contributed by atoms with Gasteiger partial charge in [0.05, 0.1) is 0 Å². The molecule has 21 heavy (non-hydrogen) atoms. The number of anilines is 3. The molecule has 1 heterocycles. The van der Waals surface area contributed by atoms with Gasteiger partial charge in [-0.2, -0.15) is 9.67 Å². The van der Waals surface area contributed by atoms with Crippen molar-refractivity contribution >= 4 is 23.5 Å². The molecule has 6 heteroatoms. The molecule has 0 bridgehead atoms. The molecule has 6 nitrogen and oxygen atoms in total. The highest BCUT2D eigenvalue weighted by Crippen LogP contribution is 2.22. The molecule has 1 unspecified atom stereocenters. The van der Waals surface area contributed by atoms with E-state index in [1.807, 2.05) is 30.3 Å². The van der Waals surface area contributed by atoms with Crippen LogP contribution in [0.25, 0.3) is 0 Å². The molecule has 1 aromatic carbocycles. The number of carbonyl (C=O) groups is 1. The van der Waals surface area contributed by atoms with E-state index in [1.54, 1.807) is 0 Å². The molecule has 1 aliphatic carbocycles. The molecule has 0 saturated heterocycles. The van der Waals surface area contributed by atoms with Crippen LogP contribution in [0.2, 0.25) is 0 Å². The third-order valence-corrected chi connectivity index (χ3v) is 3.44. The third-order valence-electron chi connectivity index (χ3n) is 3.44. The van der Waals surface area contributed by atoms with Crippen molar-refractivity contribution in [2.75, 3.05) is 11.1 Å². The zero-order valence-corrected chi connectivity index (χ0v) is 11.6. The maximum absolute atomic E-state index is 12.4. The topological polar surface area (TPSA) is 85.8 Å². The van der Waals surface area contributed by atoms with Crippen molar-refractivity contribution < 1.29 is 4.79 Å². The van der Waals surface area contributed by atoms with Gasteiger partial charge in [0.2, 0.25) is 11.9 Å². The first-order valence-electron chi connectivity index (χ1n) is 6.97. The Kier molecular flexibility index (Phi) is 3.68. The van der Waals surface area contributed by atoms with Crippen molar-refractivity contribution in [3.63, 3.8) is 0 Å². The first-order valence-corrected chi connectivity index (χ1v) is 6.97. The summed E-state index contributed by atoms with van der Waals surface area (Å²) in [6, 6.07) is 9.50. The molecule has 3 rings (SSSR count). The van der Waals surface area contributed by atoms with Crippen LogP contribution in [0.3, 0.4) is 0 Å². The van der Waals surface area contributed by atoms with E-state index >= 15 is 0 Å². The Morgan fingerprint density at radius 1 is 1.38 bits per heavy atom. The lowest BCUT2D eigenvalue weighted by molar-refractivity contribution is 0.0875. The van der Waals surface area contributed by atoms with Crippen LogP contribution in [0.15, 0.2) is 42.5 Å². The highest BCUT2D eigenvalue weighted by molar-refractivity contribution is 5.82. The van der Waals surface area contributed by atoms with Crippen LogP contribution in [-0.2, 0) is 0 Å². The van der Waals surface area contributed by atoms with E-state index in [0.29, 0.717) is 12.4 Å². The molecule has 1 aliphatic rings. The second-order valence-electron chi connectivity index (χ2n) is 5.06. The van der Waals surface area contributed by atoms with Gasteiger partial charge in [-0.15, -0.1) is 5.10 Å². The minimum absolute atomic E-state index is 0.0868. The lowest BCUT2D eigenvalue weighted by atomic mass is 10.1. The normalized spacial score (nSPS) is 17.0. The van der Waals surface area contributed by atoms with E-state index in [0.717, 1.165) is 18.5 Å². The van der Waals surface area contributed by atoms with Crippen LogP contribution >= 0.6 is 0 Å². The van der Waals surface area contributed by atoms with Gasteiger partial charge in [-0.3, -0.25) is 4.79 Å². The van der Waals surface area contributed by atoms with Crippen molar-refractivity contribution in [3.8, 4) is 0 Å². The molecule has 0 aliphatic heterocycles. The second-order valence-corrected chi connectivity index (χ2v) is 5.06. The fourth-order valence-corrected chi connectivity index (χ4v) is 2.41. The largest absolute Gasteiger partial charge is 0.366 e. The van der Waals surface area contributed by atoms with Gasteiger partial charge in [0.1, 0.15) is 0 Å². The molecule has 2 aromatic rings. The van der Waals surface area contributed by atoms with Crippen molar-refractivity contribution in [3.05, 3.63) is 42.5 Å². The molecule has 3 N–H and O–H groups in total. The summed E-state index contributed by atoms with van der Waals surface area (Å²) < 4.78 is 1.26. The zero-order chi connectivity index (χ0) is 14.7. The highest BCUT2D eigenvalue weighted by atomic mass is 16.2. The van der Waals surface area contributed by atoms with Crippen molar-refractivity contribution in [1.82, 2.24) is 14.8 Å². The number of nitrogens with two attached hydrogens (primary N) is 1. The third kappa shape index (κ3) is 3.10. The van der Waals surface area contributed by atoms with Gasteiger partial charge in [-0.1, -0.05) is 30.4 Å². The number of rotatable bonds is 4. The Labute approximate surface area is 122 Å². The van der Waals surface area contributed by atoms with Crippen molar-refractivity contribution in [2.45, 2.75) is 19.3 Å². The molecule has 0 fully saturated rings. The van der Waals surface area contributed by atoms with Gasteiger partial charge in [0.25, 0.3) is 5.91 Å². The number of aromatic nitrogens is 3. The first kappa shape index (κ1) is 13.4. The van der Waals surface area contributed by atoms with Gasteiger partial charge in [0, 0.05) is 12.1 Å². The summed E-state index contributed by atoms with van der Waals surface area (Å²) in [5, 5.41) is 7.07. The summed E-state index contributed by atoms with van der Waals surface area (Å²) in [4.78, 5) is 16.4. The van der Waals surface area contributed by atoms with Crippen molar-refractivity contribution in [2.24, 2.45) is 5.92 Å². The zero-order valence-electron chi connectivity index (χ0n) is 11.6. The number of hydrogen-bond donors (Lipinski definition) is 2. The number of nitrogens with one attached hydrogen (secondary N) is 1. The molecule has 0 spiro atoms. The summed E-state index contributed by atoms with van der Waals surface area (Å²) in [7, 11) is 0. The summed E-state index contributed by atoms with van der Waals surface area (Å²) in [6.07, 6.45) is 6.66. The van der Waals surface area contributed by atoms with E-state index < -0.39 is 0 Å². The maximum atomic E-state index is 12.4. The van der Waals surface area contributed by atoms with Crippen LogP contribution in [0, 0.1) is 5.92 Å². The van der Waals surface area contributed by atoms with E-state index in [4.69, 9.17) is 5.73 Å². The second kappa shape index (κ2) is 5.78. The summed E-state index contributed by atoms with van der Waals surface area (Å²) in [6.45, 7) is 0. The monoisotopic (exact) mass is 283 g/mol. The summed E-state index contributed by atoms with van der Waals surface area (Å²) >= 11 is 0. The smallest absolute Gasteiger partial charge is 0.250 e. The molecule has 0 amide bonds. The number of nitrogens with zero attached hydrogens (tertiary/aromatic N) is 3. The number of allylic oxidation sites excluding steroid dienone is 2. The Bertz CT molecular complexity index is 662. The molecule has 1 aromatic heterocycles. The van der Waals surface area contributed by atoms with Gasteiger partial charge in [0.15, 0.2) is 0 Å². The predicted octanol–water partition coefficient (Wildman–Crippen LogP) is 2.60. The maximum Gasteiger partial charge on any atom is 0.250 e. The molecule has 0 saturated carbocycles. The van der Waals surface area contributed by atoms with Crippen LogP contribution in [0.4, 0.5) is 17.6 Å². The number of nitrogen functional groups attached to an aromatic ring is 1.